The van der Waals surface area contributed by atoms with Crippen molar-refractivity contribution in [2.75, 3.05) is 31.1 Å². The minimum Gasteiger partial charge on any atom is -0.353 e. The highest BCUT2D eigenvalue weighted by Gasteiger charge is 2.18. The average Bonchev–Trinajstić information content (AvgIpc) is 2.56. The molecule has 1 fully saturated rings. The van der Waals surface area contributed by atoms with E-state index >= 15 is 0 Å². The molecule has 110 valence electrons. The summed E-state index contributed by atoms with van der Waals surface area (Å²) in [7, 11) is 0. The maximum absolute atomic E-state index is 5.63. The molecule has 0 aliphatic carbocycles. The van der Waals surface area contributed by atoms with E-state index in [1.165, 1.54) is 5.56 Å². The van der Waals surface area contributed by atoms with Crippen LogP contribution in [0.2, 0.25) is 0 Å². The monoisotopic (exact) mass is 283 g/mol. The molecule has 21 heavy (non-hydrogen) atoms. The van der Waals surface area contributed by atoms with Gasteiger partial charge in [-0.3, -0.25) is 9.88 Å². The molecule has 0 spiro atoms. The Bertz CT molecular complexity index is 564. The first-order valence-electron chi connectivity index (χ1n) is 7.37. The zero-order valence-electron chi connectivity index (χ0n) is 12.2. The fourth-order valence-corrected chi connectivity index (χ4v) is 2.62. The second kappa shape index (κ2) is 6.65. The molecule has 1 aromatic carbocycles. The van der Waals surface area contributed by atoms with Crippen LogP contribution in [0.15, 0.2) is 42.7 Å². The predicted molar refractivity (Wildman–Crippen MR) is 83.9 cm³/mol. The molecule has 0 unspecified atom stereocenters. The Balaban J connectivity index is 1.57. The largest absolute Gasteiger partial charge is 0.353 e. The van der Waals surface area contributed by atoms with E-state index < -0.39 is 0 Å². The third kappa shape index (κ3) is 3.56. The summed E-state index contributed by atoms with van der Waals surface area (Å²) in [6.07, 6.45) is 3.56. The van der Waals surface area contributed by atoms with Crippen molar-refractivity contribution in [3.05, 3.63) is 54.0 Å². The molecule has 0 radical (unpaired) electrons. The molecule has 5 heteroatoms. The van der Waals surface area contributed by atoms with Crippen LogP contribution in [0.3, 0.4) is 0 Å². The molecule has 1 aromatic heterocycles. The molecular formula is C16H21N5. The van der Waals surface area contributed by atoms with Crippen LogP contribution in [-0.2, 0) is 13.1 Å². The molecule has 0 saturated carbocycles. The molecule has 5 nitrogen and oxygen atoms in total. The molecule has 1 aliphatic rings. The minimum absolute atomic E-state index is 0.439. The van der Waals surface area contributed by atoms with Crippen molar-refractivity contribution >= 4 is 5.82 Å². The Hall–Kier alpha value is -1.98. The van der Waals surface area contributed by atoms with Crippen molar-refractivity contribution in [1.82, 2.24) is 14.9 Å². The third-order valence-corrected chi connectivity index (χ3v) is 3.83. The maximum atomic E-state index is 5.63. The number of hydrogen-bond acceptors (Lipinski definition) is 5. The predicted octanol–water partition coefficient (Wildman–Crippen LogP) is 1.26. The van der Waals surface area contributed by atoms with E-state index in [0.717, 1.165) is 44.2 Å². The summed E-state index contributed by atoms with van der Waals surface area (Å²) in [4.78, 5) is 13.5. The van der Waals surface area contributed by atoms with E-state index in [1.54, 1.807) is 6.20 Å². The number of rotatable bonds is 4. The number of benzene rings is 1. The molecule has 0 bridgehead atoms. The molecule has 1 aliphatic heterocycles. The van der Waals surface area contributed by atoms with Crippen LogP contribution in [0, 0.1) is 0 Å². The Kier molecular flexibility index (Phi) is 4.43. The molecule has 2 N–H and O–H groups in total. The van der Waals surface area contributed by atoms with E-state index in [2.05, 4.69) is 50.1 Å². The second-order valence-corrected chi connectivity index (χ2v) is 5.32. The number of nitrogens with two attached hydrogens (primary N) is 1. The first-order valence-corrected chi connectivity index (χ1v) is 7.37. The quantitative estimate of drug-likeness (QED) is 0.915. The van der Waals surface area contributed by atoms with Gasteiger partial charge in [0.15, 0.2) is 0 Å². The van der Waals surface area contributed by atoms with Gasteiger partial charge in [-0.05, 0) is 5.56 Å². The first kappa shape index (κ1) is 14.0. The van der Waals surface area contributed by atoms with E-state index in [4.69, 9.17) is 5.73 Å². The summed E-state index contributed by atoms with van der Waals surface area (Å²) < 4.78 is 0. The van der Waals surface area contributed by atoms with Gasteiger partial charge < -0.3 is 10.6 Å². The van der Waals surface area contributed by atoms with Gasteiger partial charge in [-0.25, -0.2) is 4.98 Å². The molecule has 0 amide bonds. The topological polar surface area (TPSA) is 58.3 Å². The molecule has 2 aromatic rings. The van der Waals surface area contributed by atoms with Gasteiger partial charge in [0.25, 0.3) is 0 Å². The number of piperazine rings is 1. The number of aromatic nitrogens is 2. The fraction of sp³-hybridized carbons (Fsp3) is 0.375. The summed E-state index contributed by atoms with van der Waals surface area (Å²) in [6.45, 7) is 5.51. The number of hydrogen-bond donors (Lipinski definition) is 1. The Morgan fingerprint density at radius 2 is 1.76 bits per heavy atom. The van der Waals surface area contributed by atoms with Gasteiger partial charge in [-0.1, -0.05) is 30.3 Å². The van der Waals surface area contributed by atoms with Crippen molar-refractivity contribution in [1.29, 1.82) is 0 Å². The van der Waals surface area contributed by atoms with Crippen molar-refractivity contribution < 1.29 is 0 Å². The summed E-state index contributed by atoms with van der Waals surface area (Å²) >= 11 is 0. The third-order valence-electron chi connectivity index (χ3n) is 3.83. The normalized spacial score (nSPS) is 16.1. The van der Waals surface area contributed by atoms with Crippen molar-refractivity contribution in [3.63, 3.8) is 0 Å². The Labute approximate surface area is 125 Å². The number of nitrogens with zero attached hydrogens (tertiary/aromatic N) is 4. The SMILES string of the molecule is NCc1cncc(N2CCN(Cc3ccccc3)CC2)n1. The van der Waals surface area contributed by atoms with Gasteiger partial charge in [0, 0.05) is 45.5 Å². The van der Waals surface area contributed by atoms with Crippen molar-refractivity contribution in [3.8, 4) is 0 Å². The smallest absolute Gasteiger partial charge is 0.147 e. The average molecular weight is 283 g/mol. The first-order chi connectivity index (χ1) is 10.3. The van der Waals surface area contributed by atoms with E-state index in [9.17, 15) is 0 Å². The Morgan fingerprint density at radius 3 is 2.48 bits per heavy atom. The number of anilines is 1. The Morgan fingerprint density at radius 1 is 1.00 bits per heavy atom. The van der Waals surface area contributed by atoms with Crippen molar-refractivity contribution in [2.45, 2.75) is 13.1 Å². The zero-order chi connectivity index (χ0) is 14.5. The van der Waals surface area contributed by atoms with Crippen molar-refractivity contribution in [2.24, 2.45) is 5.73 Å². The maximum Gasteiger partial charge on any atom is 0.147 e. The van der Waals surface area contributed by atoms with Gasteiger partial charge in [0.05, 0.1) is 11.9 Å². The molecular weight excluding hydrogens is 262 g/mol. The van der Waals surface area contributed by atoms with Crippen LogP contribution in [0.4, 0.5) is 5.82 Å². The molecule has 2 heterocycles. The summed E-state index contributed by atoms with van der Waals surface area (Å²) in [5, 5.41) is 0. The highest BCUT2D eigenvalue weighted by molar-refractivity contribution is 5.37. The second-order valence-electron chi connectivity index (χ2n) is 5.32. The van der Waals surface area contributed by atoms with Gasteiger partial charge in [0.2, 0.25) is 0 Å². The van der Waals surface area contributed by atoms with Gasteiger partial charge in [-0.15, -0.1) is 0 Å². The van der Waals surface area contributed by atoms with E-state index in [1.807, 2.05) is 6.20 Å². The van der Waals surface area contributed by atoms with Gasteiger partial charge in [0.1, 0.15) is 5.82 Å². The highest BCUT2D eigenvalue weighted by Crippen LogP contribution is 2.14. The summed E-state index contributed by atoms with van der Waals surface area (Å²) in [6, 6.07) is 10.6. The lowest BCUT2D eigenvalue weighted by atomic mass is 10.2. The van der Waals surface area contributed by atoms with Crippen LogP contribution in [-0.4, -0.2) is 41.0 Å². The highest BCUT2D eigenvalue weighted by atomic mass is 15.3. The zero-order valence-corrected chi connectivity index (χ0v) is 12.2. The summed E-state index contributed by atoms with van der Waals surface area (Å²) in [5.41, 5.74) is 7.84. The molecule has 3 rings (SSSR count). The van der Waals surface area contributed by atoms with Gasteiger partial charge in [-0.2, -0.15) is 0 Å². The van der Waals surface area contributed by atoms with Crippen LogP contribution < -0.4 is 10.6 Å². The van der Waals surface area contributed by atoms with Crippen LogP contribution >= 0.6 is 0 Å². The van der Waals surface area contributed by atoms with Crippen LogP contribution in [0.5, 0.6) is 0 Å². The fourth-order valence-electron chi connectivity index (χ4n) is 2.62. The van der Waals surface area contributed by atoms with Gasteiger partial charge >= 0.3 is 0 Å². The summed E-state index contributed by atoms with van der Waals surface area (Å²) in [5.74, 6) is 0.942. The van der Waals surface area contributed by atoms with E-state index in [-0.39, 0.29) is 0 Å². The standard InChI is InChI=1S/C16H21N5/c17-10-15-11-18-12-16(19-15)21-8-6-20(7-9-21)13-14-4-2-1-3-5-14/h1-5,11-12H,6-10,13,17H2. The molecule has 0 atom stereocenters. The lowest BCUT2D eigenvalue weighted by Gasteiger charge is -2.35. The van der Waals surface area contributed by atoms with Crippen LogP contribution in [0.25, 0.3) is 0 Å². The lowest BCUT2D eigenvalue weighted by molar-refractivity contribution is 0.249. The van der Waals surface area contributed by atoms with Crippen LogP contribution in [0.1, 0.15) is 11.3 Å². The molecule has 1 saturated heterocycles. The van der Waals surface area contributed by atoms with E-state index in [0.29, 0.717) is 6.54 Å². The lowest BCUT2D eigenvalue weighted by Crippen LogP contribution is -2.46. The minimum atomic E-state index is 0.439.